The van der Waals surface area contributed by atoms with Crippen LogP contribution in [0.4, 0.5) is 11.6 Å². The number of nitrogens with one attached hydrogen (secondary N) is 2. The topological polar surface area (TPSA) is 83.0 Å². The molecule has 0 saturated carbocycles. The molecule has 1 saturated heterocycles. The number of carbonyl (C=O) groups excluding carboxylic acids is 1. The standard InChI is InChI=1S/C28H38N6O/c1-18(2)16-31-28(35)21-8-12-34(13-9-21)27-24-7-10-29-17-23(24)14-25(33-27)22-6-11-30-26(15-22)32-20(5)19(3)4/h6-7,10-11,14-15,17-21H,8-9,12-13,16H2,1-5H3,(H,30,32)(H,31,35)/t20-/m1/s1. The maximum absolute atomic E-state index is 12.6. The number of anilines is 2. The molecule has 35 heavy (non-hydrogen) atoms. The molecule has 0 aromatic carbocycles. The minimum atomic E-state index is 0.0675. The maximum atomic E-state index is 12.6. The van der Waals surface area contributed by atoms with Gasteiger partial charge in [-0.15, -0.1) is 0 Å². The Hall–Kier alpha value is -3.22. The molecule has 4 heterocycles. The number of hydrogen-bond donors (Lipinski definition) is 2. The van der Waals surface area contributed by atoms with Gasteiger partial charge in [-0.05, 0) is 55.9 Å². The molecule has 0 radical (unpaired) electrons. The molecule has 0 spiro atoms. The fourth-order valence-electron chi connectivity index (χ4n) is 4.34. The number of piperidine rings is 1. The Balaban J connectivity index is 1.58. The summed E-state index contributed by atoms with van der Waals surface area (Å²) in [6.45, 7) is 13.2. The summed E-state index contributed by atoms with van der Waals surface area (Å²) in [6.07, 6.45) is 7.22. The molecule has 1 atom stereocenters. The van der Waals surface area contributed by atoms with Gasteiger partial charge in [-0.1, -0.05) is 27.7 Å². The molecule has 0 unspecified atom stereocenters. The van der Waals surface area contributed by atoms with Crippen LogP contribution < -0.4 is 15.5 Å². The van der Waals surface area contributed by atoms with E-state index in [1.54, 1.807) is 0 Å². The van der Waals surface area contributed by atoms with E-state index in [1.807, 2.05) is 30.7 Å². The zero-order chi connectivity index (χ0) is 24.9. The SMILES string of the molecule is CC(C)CNC(=O)C1CCN(c2nc(-c3ccnc(N[C@H](C)C(C)C)c3)cc3cnccc23)CC1. The molecule has 3 aromatic heterocycles. The first-order valence-corrected chi connectivity index (χ1v) is 12.8. The van der Waals surface area contributed by atoms with E-state index in [0.717, 1.165) is 66.1 Å². The highest BCUT2D eigenvalue weighted by atomic mass is 16.1. The van der Waals surface area contributed by atoms with Gasteiger partial charge in [-0.25, -0.2) is 9.97 Å². The van der Waals surface area contributed by atoms with Gasteiger partial charge in [-0.3, -0.25) is 9.78 Å². The van der Waals surface area contributed by atoms with E-state index >= 15 is 0 Å². The van der Waals surface area contributed by atoms with Gasteiger partial charge in [0, 0.05) is 66.5 Å². The molecular formula is C28H38N6O. The lowest BCUT2D eigenvalue weighted by molar-refractivity contribution is -0.125. The van der Waals surface area contributed by atoms with Crippen LogP contribution in [0.3, 0.4) is 0 Å². The number of pyridine rings is 3. The molecule has 4 rings (SSSR count). The number of hydrogen-bond acceptors (Lipinski definition) is 6. The summed E-state index contributed by atoms with van der Waals surface area (Å²) in [5.74, 6) is 3.03. The number of nitrogens with zero attached hydrogens (tertiary/aromatic N) is 4. The van der Waals surface area contributed by atoms with Crippen molar-refractivity contribution in [2.24, 2.45) is 17.8 Å². The molecule has 1 fully saturated rings. The largest absolute Gasteiger partial charge is 0.367 e. The lowest BCUT2D eigenvalue weighted by Gasteiger charge is -2.33. The average Bonchev–Trinajstić information content (AvgIpc) is 2.86. The molecule has 0 aliphatic carbocycles. The molecule has 2 N–H and O–H groups in total. The van der Waals surface area contributed by atoms with Crippen molar-refractivity contribution in [3.05, 3.63) is 42.9 Å². The van der Waals surface area contributed by atoms with Crippen molar-refractivity contribution in [1.82, 2.24) is 20.3 Å². The lowest BCUT2D eigenvalue weighted by atomic mass is 9.95. The third-order valence-corrected chi connectivity index (χ3v) is 6.89. The molecule has 186 valence electrons. The summed E-state index contributed by atoms with van der Waals surface area (Å²) in [7, 11) is 0. The molecule has 3 aromatic rings. The molecule has 1 amide bonds. The number of rotatable bonds is 8. The van der Waals surface area contributed by atoms with Crippen molar-refractivity contribution in [1.29, 1.82) is 0 Å². The van der Waals surface area contributed by atoms with Crippen LogP contribution in [0.1, 0.15) is 47.5 Å². The minimum absolute atomic E-state index is 0.0675. The van der Waals surface area contributed by atoms with Gasteiger partial charge in [0.25, 0.3) is 0 Å². The van der Waals surface area contributed by atoms with Crippen molar-refractivity contribution in [3.63, 3.8) is 0 Å². The van der Waals surface area contributed by atoms with Gasteiger partial charge in [-0.2, -0.15) is 0 Å². The molecule has 7 nitrogen and oxygen atoms in total. The third kappa shape index (κ3) is 6.08. The molecule has 7 heteroatoms. The first-order chi connectivity index (χ1) is 16.8. The van der Waals surface area contributed by atoms with Crippen LogP contribution in [-0.4, -0.2) is 46.5 Å². The van der Waals surface area contributed by atoms with Crippen LogP contribution >= 0.6 is 0 Å². The van der Waals surface area contributed by atoms with E-state index in [0.29, 0.717) is 17.9 Å². The highest BCUT2D eigenvalue weighted by Gasteiger charge is 2.27. The van der Waals surface area contributed by atoms with Crippen molar-refractivity contribution < 1.29 is 4.79 Å². The normalized spacial score (nSPS) is 15.6. The Morgan fingerprint density at radius 1 is 1.09 bits per heavy atom. The predicted octanol–water partition coefficient (Wildman–Crippen LogP) is 5.14. The Morgan fingerprint density at radius 2 is 1.86 bits per heavy atom. The second-order valence-electron chi connectivity index (χ2n) is 10.4. The van der Waals surface area contributed by atoms with Gasteiger partial charge >= 0.3 is 0 Å². The van der Waals surface area contributed by atoms with Crippen molar-refractivity contribution in [3.8, 4) is 11.3 Å². The Morgan fingerprint density at radius 3 is 2.57 bits per heavy atom. The van der Waals surface area contributed by atoms with Gasteiger partial charge in [0.1, 0.15) is 11.6 Å². The summed E-state index contributed by atoms with van der Waals surface area (Å²) in [6, 6.07) is 8.53. The van der Waals surface area contributed by atoms with Gasteiger partial charge < -0.3 is 15.5 Å². The van der Waals surface area contributed by atoms with Gasteiger partial charge in [0.2, 0.25) is 5.91 Å². The van der Waals surface area contributed by atoms with Crippen molar-refractivity contribution in [2.75, 3.05) is 29.9 Å². The Bertz CT molecular complexity index is 1150. The van der Waals surface area contributed by atoms with Gasteiger partial charge in [0.15, 0.2) is 0 Å². The van der Waals surface area contributed by atoms with Crippen LogP contribution in [0.25, 0.3) is 22.0 Å². The predicted molar refractivity (Wildman–Crippen MR) is 143 cm³/mol. The minimum Gasteiger partial charge on any atom is -0.367 e. The highest BCUT2D eigenvalue weighted by Crippen LogP contribution is 2.32. The zero-order valence-corrected chi connectivity index (χ0v) is 21.6. The first-order valence-electron chi connectivity index (χ1n) is 12.8. The smallest absolute Gasteiger partial charge is 0.223 e. The van der Waals surface area contributed by atoms with Crippen LogP contribution in [0, 0.1) is 17.8 Å². The van der Waals surface area contributed by atoms with E-state index in [-0.39, 0.29) is 11.8 Å². The fourth-order valence-corrected chi connectivity index (χ4v) is 4.34. The van der Waals surface area contributed by atoms with Gasteiger partial charge in [0.05, 0.1) is 5.69 Å². The van der Waals surface area contributed by atoms with Crippen LogP contribution in [0.2, 0.25) is 0 Å². The molecule has 1 aliphatic heterocycles. The Labute approximate surface area is 208 Å². The average molecular weight is 475 g/mol. The summed E-state index contributed by atoms with van der Waals surface area (Å²) >= 11 is 0. The summed E-state index contributed by atoms with van der Waals surface area (Å²) in [5.41, 5.74) is 1.92. The van der Waals surface area contributed by atoms with E-state index in [1.165, 1.54) is 0 Å². The highest BCUT2D eigenvalue weighted by molar-refractivity contribution is 5.94. The maximum Gasteiger partial charge on any atom is 0.223 e. The van der Waals surface area contributed by atoms with E-state index in [9.17, 15) is 4.79 Å². The number of aromatic nitrogens is 3. The van der Waals surface area contributed by atoms with Crippen LogP contribution in [0.5, 0.6) is 0 Å². The fraction of sp³-hybridized carbons (Fsp3) is 0.500. The quantitative estimate of drug-likeness (QED) is 0.471. The zero-order valence-electron chi connectivity index (χ0n) is 21.6. The third-order valence-electron chi connectivity index (χ3n) is 6.89. The second kappa shape index (κ2) is 11.0. The van der Waals surface area contributed by atoms with Crippen LogP contribution in [-0.2, 0) is 4.79 Å². The number of carbonyl (C=O) groups is 1. The summed E-state index contributed by atoms with van der Waals surface area (Å²) < 4.78 is 0. The summed E-state index contributed by atoms with van der Waals surface area (Å²) in [5, 5.41) is 8.75. The van der Waals surface area contributed by atoms with E-state index in [4.69, 9.17) is 4.98 Å². The summed E-state index contributed by atoms with van der Waals surface area (Å²) in [4.78, 5) is 28.9. The van der Waals surface area contributed by atoms with Crippen molar-refractivity contribution >= 4 is 28.3 Å². The molecule has 0 bridgehead atoms. The Kier molecular flexibility index (Phi) is 7.83. The monoisotopic (exact) mass is 474 g/mol. The first kappa shape index (κ1) is 24.9. The van der Waals surface area contributed by atoms with Crippen molar-refractivity contribution in [2.45, 2.75) is 53.5 Å². The van der Waals surface area contributed by atoms with E-state index < -0.39 is 0 Å². The lowest BCUT2D eigenvalue weighted by Crippen LogP contribution is -2.41. The molecule has 1 aliphatic rings. The van der Waals surface area contributed by atoms with Crippen LogP contribution in [0.15, 0.2) is 42.9 Å². The van der Waals surface area contributed by atoms with E-state index in [2.05, 4.69) is 72.3 Å². The molecular weight excluding hydrogens is 436 g/mol. The number of amides is 1. The number of fused-ring (bicyclic) bond motifs is 1. The second-order valence-corrected chi connectivity index (χ2v) is 10.4.